The van der Waals surface area contributed by atoms with Gasteiger partial charge < -0.3 is 14.4 Å². The van der Waals surface area contributed by atoms with Crippen LogP contribution in [0.2, 0.25) is 0 Å². The molecule has 0 bridgehead atoms. The van der Waals surface area contributed by atoms with Crippen LogP contribution in [0.3, 0.4) is 0 Å². The number of rotatable bonds is 7. The fourth-order valence-electron chi connectivity index (χ4n) is 5.73. The zero-order chi connectivity index (χ0) is 27.1. The Kier molecular flexibility index (Phi) is 7.10. The van der Waals surface area contributed by atoms with Crippen molar-refractivity contribution in [1.82, 2.24) is 14.5 Å². The number of benzene rings is 3. The van der Waals surface area contributed by atoms with Gasteiger partial charge in [-0.25, -0.2) is 4.98 Å². The number of likely N-dealkylation sites (tertiary alicyclic amines) is 1. The summed E-state index contributed by atoms with van der Waals surface area (Å²) >= 11 is 3.61. The van der Waals surface area contributed by atoms with Gasteiger partial charge >= 0.3 is 0 Å². The number of aryl methyl sites for hydroxylation is 2. The molecule has 6 nitrogen and oxygen atoms in total. The van der Waals surface area contributed by atoms with Gasteiger partial charge in [0.2, 0.25) is 0 Å². The number of piperidine rings is 1. The minimum Gasteiger partial charge on any atom is -0.497 e. The van der Waals surface area contributed by atoms with Crippen molar-refractivity contribution in [3.63, 3.8) is 0 Å². The summed E-state index contributed by atoms with van der Waals surface area (Å²) < 4.78 is 14.6. The van der Waals surface area contributed by atoms with Crippen molar-refractivity contribution in [3.8, 4) is 17.2 Å². The average molecular weight is 589 g/mol. The number of nitrogens with zero attached hydrogens (tertiary/aromatic N) is 3. The molecule has 2 fully saturated rings. The highest BCUT2D eigenvalue weighted by molar-refractivity contribution is 9.10. The fourth-order valence-corrected chi connectivity index (χ4v) is 6.08. The molecule has 1 atom stereocenters. The van der Waals surface area contributed by atoms with E-state index in [0.29, 0.717) is 12.5 Å². The molecule has 7 heteroatoms. The van der Waals surface area contributed by atoms with Gasteiger partial charge in [-0.2, -0.15) is 0 Å². The Hall–Kier alpha value is -3.32. The molecule has 1 aromatic heterocycles. The number of aromatic nitrogens is 2. The summed E-state index contributed by atoms with van der Waals surface area (Å²) in [6, 6.07) is 18.1. The molecule has 1 aliphatic carbocycles. The molecule has 1 amide bonds. The van der Waals surface area contributed by atoms with Gasteiger partial charge in [0.05, 0.1) is 30.8 Å². The first-order valence-corrected chi connectivity index (χ1v) is 14.6. The SMILES string of the molecule is COc1ccc(-n2c(C3CCCCN3C(=O)c3c(C)cc(OCC4CC4)cc3C)nc3cc(Br)ccc32)cc1. The third-order valence-corrected chi connectivity index (χ3v) is 8.43. The van der Waals surface area contributed by atoms with E-state index >= 15 is 0 Å². The number of carbonyl (C=O) groups excluding carboxylic acids is 1. The van der Waals surface area contributed by atoms with Crippen molar-refractivity contribution >= 4 is 32.9 Å². The van der Waals surface area contributed by atoms with Crippen LogP contribution in [0.5, 0.6) is 11.5 Å². The number of fused-ring (bicyclic) bond motifs is 1. The Morgan fingerprint density at radius 1 is 0.974 bits per heavy atom. The Bertz CT molecular complexity index is 1500. The Morgan fingerprint density at radius 2 is 1.72 bits per heavy atom. The molecule has 1 saturated heterocycles. The molecule has 0 N–H and O–H groups in total. The third-order valence-electron chi connectivity index (χ3n) is 7.94. The molecule has 1 unspecified atom stereocenters. The highest BCUT2D eigenvalue weighted by Gasteiger charge is 2.34. The van der Waals surface area contributed by atoms with Crippen molar-refractivity contribution in [2.45, 2.75) is 52.0 Å². The second-order valence-corrected chi connectivity index (χ2v) is 11.7. The van der Waals surface area contributed by atoms with E-state index in [1.165, 1.54) is 12.8 Å². The molecule has 6 rings (SSSR count). The summed E-state index contributed by atoms with van der Waals surface area (Å²) in [5.74, 6) is 3.30. The summed E-state index contributed by atoms with van der Waals surface area (Å²) in [6.45, 7) is 5.51. The van der Waals surface area contributed by atoms with E-state index in [0.717, 1.165) is 81.1 Å². The lowest BCUT2D eigenvalue weighted by atomic mass is 9.96. The minimum absolute atomic E-state index is 0.0676. The number of carbonyl (C=O) groups is 1. The van der Waals surface area contributed by atoms with Crippen LogP contribution in [-0.4, -0.2) is 40.6 Å². The predicted molar refractivity (Wildman–Crippen MR) is 157 cm³/mol. The Morgan fingerprint density at radius 3 is 2.41 bits per heavy atom. The number of hydrogen-bond acceptors (Lipinski definition) is 4. The van der Waals surface area contributed by atoms with Crippen LogP contribution in [0.15, 0.2) is 59.1 Å². The van der Waals surface area contributed by atoms with Gasteiger partial charge in [-0.15, -0.1) is 0 Å². The molecule has 1 aliphatic heterocycles. The number of halogens is 1. The number of methoxy groups -OCH3 is 1. The third kappa shape index (κ3) is 5.17. The van der Waals surface area contributed by atoms with Gasteiger partial charge in [0.25, 0.3) is 5.91 Å². The van der Waals surface area contributed by atoms with Gasteiger partial charge in [-0.1, -0.05) is 15.9 Å². The maximum atomic E-state index is 14.2. The molecule has 39 heavy (non-hydrogen) atoms. The van der Waals surface area contributed by atoms with E-state index in [-0.39, 0.29) is 11.9 Å². The number of imidazole rings is 1. The topological polar surface area (TPSA) is 56.6 Å². The quantitative estimate of drug-likeness (QED) is 0.224. The zero-order valence-corrected chi connectivity index (χ0v) is 24.3. The standard InChI is InChI=1S/C32H34BrN3O3/c1-20-16-26(39-19-22-7-8-22)17-21(2)30(20)32(37)35-15-5-4-6-29(35)31-34-27-18-23(33)9-14-28(27)36(31)24-10-12-25(38-3)13-11-24/h9-14,16-18,22,29H,4-8,15,19H2,1-3H3. The van der Waals surface area contributed by atoms with Crippen molar-refractivity contribution in [3.05, 3.63) is 81.6 Å². The Balaban J connectivity index is 1.40. The van der Waals surface area contributed by atoms with E-state index in [2.05, 4.69) is 38.7 Å². The van der Waals surface area contributed by atoms with Crippen LogP contribution in [0.1, 0.15) is 65.5 Å². The smallest absolute Gasteiger partial charge is 0.255 e. The Labute approximate surface area is 238 Å². The molecule has 4 aromatic rings. The van der Waals surface area contributed by atoms with E-state index < -0.39 is 0 Å². The lowest BCUT2D eigenvalue weighted by molar-refractivity contribution is 0.0597. The fraction of sp³-hybridized carbons (Fsp3) is 0.375. The number of amides is 1. The highest BCUT2D eigenvalue weighted by Crippen LogP contribution is 2.37. The van der Waals surface area contributed by atoms with Crippen LogP contribution in [0.25, 0.3) is 16.7 Å². The van der Waals surface area contributed by atoms with Crippen molar-refractivity contribution in [2.24, 2.45) is 5.92 Å². The van der Waals surface area contributed by atoms with E-state index in [4.69, 9.17) is 14.5 Å². The second kappa shape index (κ2) is 10.7. The summed E-state index contributed by atoms with van der Waals surface area (Å²) in [6.07, 6.45) is 5.41. The van der Waals surface area contributed by atoms with Gasteiger partial charge in [-0.05, 0) is 118 Å². The molecule has 0 radical (unpaired) electrons. The molecule has 1 saturated carbocycles. The van der Waals surface area contributed by atoms with Crippen LogP contribution in [-0.2, 0) is 0 Å². The highest BCUT2D eigenvalue weighted by atomic mass is 79.9. The van der Waals surface area contributed by atoms with Crippen molar-refractivity contribution < 1.29 is 14.3 Å². The van der Waals surface area contributed by atoms with E-state index in [9.17, 15) is 4.79 Å². The van der Waals surface area contributed by atoms with Crippen LogP contribution >= 0.6 is 15.9 Å². The number of ether oxygens (including phenoxy) is 2. The van der Waals surface area contributed by atoms with Crippen LogP contribution in [0, 0.1) is 19.8 Å². The summed E-state index contributed by atoms with van der Waals surface area (Å²) in [7, 11) is 1.67. The molecular weight excluding hydrogens is 554 g/mol. The predicted octanol–water partition coefficient (Wildman–Crippen LogP) is 7.57. The van der Waals surface area contributed by atoms with Crippen LogP contribution in [0.4, 0.5) is 0 Å². The maximum absolute atomic E-state index is 14.2. The van der Waals surface area contributed by atoms with Crippen molar-refractivity contribution in [2.75, 3.05) is 20.3 Å². The molecule has 3 aromatic carbocycles. The molecule has 2 aliphatic rings. The van der Waals surface area contributed by atoms with Gasteiger partial charge in [0.15, 0.2) is 0 Å². The average Bonchev–Trinajstić information content (AvgIpc) is 3.70. The summed E-state index contributed by atoms with van der Waals surface area (Å²) in [5.41, 5.74) is 5.61. The van der Waals surface area contributed by atoms with E-state index in [1.54, 1.807) is 7.11 Å². The van der Waals surface area contributed by atoms with Crippen molar-refractivity contribution in [1.29, 1.82) is 0 Å². The molecular formula is C32H34BrN3O3. The van der Waals surface area contributed by atoms with E-state index in [1.807, 2.05) is 55.1 Å². The van der Waals surface area contributed by atoms with Gasteiger partial charge in [-0.3, -0.25) is 9.36 Å². The first kappa shape index (κ1) is 25.9. The summed E-state index contributed by atoms with van der Waals surface area (Å²) in [4.78, 5) is 21.4. The lowest BCUT2D eigenvalue weighted by Crippen LogP contribution is -2.40. The minimum atomic E-state index is -0.135. The first-order chi connectivity index (χ1) is 18.9. The zero-order valence-electron chi connectivity index (χ0n) is 22.7. The molecule has 0 spiro atoms. The monoisotopic (exact) mass is 587 g/mol. The largest absolute Gasteiger partial charge is 0.497 e. The first-order valence-electron chi connectivity index (χ1n) is 13.8. The molecule has 2 heterocycles. The maximum Gasteiger partial charge on any atom is 0.255 e. The normalized spacial score (nSPS) is 17.4. The van der Waals surface area contributed by atoms with Gasteiger partial charge in [0.1, 0.15) is 17.3 Å². The lowest BCUT2D eigenvalue weighted by Gasteiger charge is -2.36. The second-order valence-electron chi connectivity index (χ2n) is 10.8. The van der Waals surface area contributed by atoms with Crippen LogP contribution < -0.4 is 9.47 Å². The number of hydrogen-bond donors (Lipinski definition) is 0. The molecule has 202 valence electrons. The van der Waals surface area contributed by atoms with Gasteiger partial charge in [0, 0.05) is 22.3 Å². The summed E-state index contributed by atoms with van der Waals surface area (Å²) in [5, 5.41) is 0.